The lowest BCUT2D eigenvalue weighted by Crippen LogP contribution is -2.35. The summed E-state index contributed by atoms with van der Waals surface area (Å²) in [6, 6.07) is 0. The lowest BCUT2D eigenvalue weighted by atomic mass is 9.77. The van der Waals surface area contributed by atoms with Crippen LogP contribution in [0.5, 0.6) is 0 Å². The highest BCUT2D eigenvalue weighted by molar-refractivity contribution is 5.71. The molecule has 0 spiro atoms. The van der Waals surface area contributed by atoms with Gasteiger partial charge in [-0.25, -0.2) is 0 Å². The second-order valence-electron chi connectivity index (χ2n) is 4.81. The topological polar surface area (TPSA) is 46.5 Å². The number of carboxylic acid groups (broad SMARTS) is 1. The maximum absolute atomic E-state index is 11.3. The third-order valence-corrected chi connectivity index (χ3v) is 3.81. The number of carboxylic acids is 1. The molecule has 3 heteroatoms. The standard InChI is InChI=1S/C12H20O3/c13-12(14)11(10-7-4-8-15-10)9-5-2-1-3-6-9/h9-11H,1-8H2,(H,13,14). The Morgan fingerprint density at radius 1 is 1.13 bits per heavy atom. The van der Waals surface area contributed by atoms with E-state index >= 15 is 0 Å². The van der Waals surface area contributed by atoms with Crippen molar-refractivity contribution in [1.82, 2.24) is 0 Å². The number of hydrogen-bond donors (Lipinski definition) is 1. The molecule has 1 heterocycles. The van der Waals surface area contributed by atoms with E-state index in [1.54, 1.807) is 0 Å². The first-order valence-electron chi connectivity index (χ1n) is 6.13. The average molecular weight is 212 g/mol. The van der Waals surface area contributed by atoms with Crippen molar-refractivity contribution in [2.75, 3.05) is 6.61 Å². The van der Waals surface area contributed by atoms with Gasteiger partial charge in [0.1, 0.15) is 0 Å². The van der Waals surface area contributed by atoms with Gasteiger partial charge in [0.05, 0.1) is 12.0 Å². The molecule has 1 N–H and O–H groups in total. The number of carbonyl (C=O) groups is 1. The Kier molecular flexibility index (Phi) is 3.62. The van der Waals surface area contributed by atoms with Crippen molar-refractivity contribution in [2.24, 2.45) is 11.8 Å². The van der Waals surface area contributed by atoms with Crippen LogP contribution < -0.4 is 0 Å². The largest absolute Gasteiger partial charge is 0.481 e. The van der Waals surface area contributed by atoms with Gasteiger partial charge in [-0.05, 0) is 31.6 Å². The molecule has 2 rings (SSSR count). The summed E-state index contributed by atoms with van der Waals surface area (Å²) in [6.07, 6.45) is 7.78. The van der Waals surface area contributed by atoms with Gasteiger partial charge in [0.15, 0.2) is 0 Å². The van der Waals surface area contributed by atoms with Crippen LogP contribution in [-0.4, -0.2) is 23.8 Å². The van der Waals surface area contributed by atoms with Crippen LogP contribution in [0.3, 0.4) is 0 Å². The first kappa shape index (κ1) is 10.9. The smallest absolute Gasteiger partial charge is 0.309 e. The first-order valence-corrected chi connectivity index (χ1v) is 6.13. The minimum absolute atomic E-state index is 0.00870. The van der Waals surface area contributed by atoms with Crippen LogP contribution in [-0.2, 0) is 9.53 Å². The van der Waals surface area contributed by atoms with Crippen LogP contribution in [0.2, 0.25) is 0 Å². The highest BCUT2D eigenvalue weighted by atomic mass is 16.5. The minimum atomic E-state index is -0.645. The van der Waals surface area contributed by atoms with Crippen molar-refractivity contribution in [3.8, 4) is 0 Å². The SMILES string of the molecule is O=C(O)C(C1CCCCC1)C1CCCO1. The normalized spacial score (nSPS) is 30.3. The Balaban J connectivity index is 2.00. The molecule has 2 atom stereocenters. The van der Waals surface area contributed by atoms with Crippen LogP contribution in [0, 0.1) is 11.8 Å². The van der Waals surface area contributed by atoms with E-state index in [9.17, 15) is 9.90 Å². The molecule has 0 aromatic carbocycles. The number of hydrogen-bond acceptors (Lipinski definition) is 2. The number of rotatable bonds is 3. The van der Waals surface area contributed by atoms with Gasteiger partial charge < -0.3 is 9.84 Å². The first-order chi connectivity index (χ1) is 7.29. The predicted octanol–water partition coefficient (Wildman–Crippen LogP) is 2.45. The number of aliphatic carboxylic acids is 1. The van der Waals surface area contributed by atoms with E-state index in [-0.39, 0.29) is 12.0 Å². The molecule has 1 saturated carbocycles. The Labute approximate surface area is 90.8 Å². The van der Waals surface area contributed by atoms with Crippen LogP contribution in [0.4, 0.5) is 0 Å². The summed E-state index contributed by atoms with van der Waals surface area (Å²) in [4.78, 5) is 11.3. The van der Waals surface area contributed by atoms with Crippen molar-refractivity contribution < 1.29 is 14.6 Å². The van der Waals surface area contributed by atoms with Crippen molar-refractivity contribution in [3.05, 3.63) is 0 Å². The van der Waals surface area contributed by atoms with Gasteiger partial charge in [-0.3, -0.25) is 4.79 Å². The molecule has 0 aromatic heterocycles. The lowest BCUT2D eigenvalue weighted by Gasteiger charge is -2.30. The minimum Gasteiger partial charge on any atom is -0.481 e. The van der Waals surface area contributed by atoms with Gasteiger partial charge >= 0.3 is 5.97 Å². The Bertz CT molecular complexity index is 215. The molecule has 0 aromatic rings. The molecule has 2 aliphatic rings. The molecule has 1 saturated heterocycles. The lowest BCUT2D eigenvalue weighted by molar-refractivity contribution is -0.149. The molecule has 2 unspecified atom stereocenters. The molecular formula is C12H20O3. The van der Waals surface area contributed by atoms with E-state index < -0.39 is 5.97 Å². The molecular weight excluding hydrogens is 192 g/mol. The molecule has 1 aliphatic heterocycles. The second kappa shape index (κ2) is 4.97. The fraction of sp³-hybridized carbons (Fsp3) is 0.917. The number of ether oxygens (including phenoxy) is 1. The maximum atomic E-state index is 11.3. The average Bonchev–Trinajstić information content (AvgIpc) is 2.72. The molecule has 15 heavy (non-hydrogen) atoms. The zero-order valence-corrected chi connectivity index (χ0v) is 9.15. The molecule has 3 nitrogen and oxygen atoms in total. The van der Waals surface area contributed by atoms with Gasteiger partial charge in [-0.15, -0.1) is 0 Å². The van der Waals surface area contributed by atoms with Crippen LogP contribution in [0.1, 0.15) is 44.9 Å². The molecule has 2 fully saturated rings. The monoisotopic (exact) mass is 212 g/mol. The summed E-state index contributed by atoms with van der Waals surface area (Å²) >= 11 is 0. The van der Waals surface area contributed by atoms with E-state index in [4.69, 9.17) is 4.74 Å². The van der Waals surface area contributed by atoms with Gasteiger partial charge in [0, 0.05) is 6.61 Å². The van der Waals surface area contributed by atoms with E-state index in [0.29, 0.717) is 5.92 Å². The molecule has 0 bridgehead atoms. The predicted molar refractivity (Wildman–Crippen MR) is 56.7 cm³/mol. The quantitative estimate of drug-likeness (QED) is 0.781. The van der Waals surface area contributed by atoms with Crippen LogP contribution in [0.25, 0.3) is 0 Å². The third kappa shape index (κ3) is 2.51. The maximum Gasteiger partial charge on any atom is 0.309 e. The Hall–Kier alpha value is -0.570. The van der Waals surface area contributed by atoms with Crippen molar-refractivity contribution >= 4 is 5.97 Å². The third-order valence-electron chi connectivity index (χ3n) is 3.81. The highest BCUT2D eigenvalue weighted by Gasteiger charge is 2.38. The highest BCUT2D eigenvalue weighted by Crippen LogP contribution is 2.35. The summed E-state index contributed by atoms with van der Waals surface area (Å²) in [5, 5.41) is 9.31. The van der Waals surface area contributed by atoms with Crippen molar-refractivity contribution in [2.45, 2.75) is 51.0 Å². The Morgan fingerprint density at radius 2 is 1.87 bits per heavy atom. The fourth-order valence-corrected chi connectivity index (χ4v) is 3.04. The second-order valence-corrected chi connectivity index (χ2v) is 4.81. The van der Waals surface area contributed by atoms with Crippen LogP contribution in [0.15, 0.2) is 0 Å². The van der Waals surface area contributed by atoms with Crippen molar-refractivity contribution in [3.63, 3.8) is 0 Å². The summed E-state index contributed by atoms with van der Waals surface area (Å²) in [5.74, 6) is -0.527. The summed E-state index contributed by atoms with van der Waals surface area (Å²) in [5.41, 5.74) is 0. The van der Waals surface area contributed by atoms with E-state index in [0.717, 1.165) is 32.3 Å². The van der Waals surface area contributed by atoms with Gasteiger partial charge in [0.2, 0.25) is 0 Å². The van der Waals surface area contributed by atoms with Gasteiger partial charge in [-0.2, -0.15) is 0 Å². The summed E-state index contributed by atoms with van der Waals surface area (Å²) in [6.45, 7) is 0.751. The van der Waals surface area contributed by atoms with E-state index in [2.05, 4.69) is 0 Å². The zero-order valence-electron chi connectivity index (χ0n) is 9.15. The summed E-state index contributed by atoms with van der Waals surface area (Å²) < 4.78 is 5.55. The van der Waals surface area contributed by atoms with Gasteiger partial charge in [-0.1, -0.05) is 19.3 Å². The van der Waals surface area contributed by atoms with Crippen LogP contribution >= 0.6 is 0 Å². The van der Waals surface area contributed by atoms with E-state index in [1.165, 1.54) is 19.3 Å². The Morgan fingerprint density at radius 3 is 2.40 bits per heavy atom. The molecule has 0 amide bonds. The molecule has 1 aliphatic carbocycles. The molecule has 86 valence electrons. The van der Waals surface area contributed by atoms with Gasteiger partial charge in [0.25, 0.3) is 0 Å². The zero-order chi connectivity index (χ0) is 10.7. The summed E-state index contributed by atoms with van der Waals surface area (Å²) in [7, 11) is 0. The van der Waals surface area contributed by atoms with Crippen molar-refractivity contribution in [1.29, 1.82) is 0 Å². The molecule has 0 radical (unpaired) electrons. The fourth-order valence-electron chi connectivity index (χ4n) is 3.04. The van der Waals surface area contributed by atoms with E-state index in [1.807, 2.05) is 0 Å².